The number of carbonyl (C=O) groups is 2. The van der Waals surface area contributed by atoms with E-state index < -0.39 is 46.1 Å². The first-order valence-corrected chi connectivity index (χ1v) is 20.5. The van der Waals surface area contributed by atoms with E-state index in [1.165, 1.54) is 24.5 Å². The van der Waals surface area contributed by atoms with Crippen LogP contribution >= 0.6 is 0 Å². The summed E-state index contributed by atoms with van der Waals surface area (Å²) in [6.45, 7) is 9.53. The minimum absolute atomic E-state index is 0.0639. The first kappa shape index (κ1) is 47.8. The Hall–Kier alpha value is -5.22. The summed E-state index contributed by atoms with van der Waals surface area (Å²) in [6, 6.07) is 24.1. The fourth-order valence-corrected chi connectivity index (χ4v) is 7.45. The smallest absolute Gasteiger partial charge is 0.421 e. The highest BCUT2D eigenvalue weighted by atomic mass is 19.4. The number of nitrogens with zero attached hydrogens (tertiary/aromatic N) is 4. The molecule has 2 aromatic carbocycles. The molecule has 4 heterocycles. The zero-order chi connectivity index (χ0) is 45.3. The molecule has 2 fully saturated rings. The van der Waals surface area contributed by atoms with E-state index in [4.69, 9.17) is 9.47 Å². The van der Waals surface area contributed by atoms with E-state index in [1.807, 2.05) is 36.4 Å². The number of hydrogen-bond acceptors (Lipinski definition) is 8. The average molecular weight is 871 g/mol. The molecule has 16 heteroatoms. The molecule has 2 aliphatic heterocycles. The number of aromatic nitrogens is 2. The third kappa shape index (κ3) is 12.9. The number of nitrogens with one attached hydrogen (secondary N) is 2. The van der Waals surface area contributed by atoms with Crippen LogP contribution in [0.5, 0.6) is 11.8 Å². The Balaban J connectivity index is 0.000000234. The Bertz CT molecular complexity index is 1920. The second-order valence-electron chi connectivity index (χ2n) is 17.3. The van der Waals surface area contributed by atoms with E-state index in [0.29, 0.717) is 0 Å². The number of alkyl halides is 6. The van der Waals surface area contributed by atoms with Crippen molar-refractivity contribution in [1.29, 1.82) is 0 Å². The molecule has 336 valence electrons. The number of likely N-dealkylation sites (tertiary alicyclic amines) is 2. The molecule has 2 aliphatic rings. The number of halogens is 6. The molecular weight excluding hydrogens is 815 g/mol. The molecule has 0 bridgehead atoms. The van der Waals surface area contributed by atoms with E-state index in [1.54, 1.807) is 27.7 Å². The SMILES string of the molecule is CN1CC[C@@H](NC(=O)C(C)(C)COc2ncccc2C(F)(F)F)[C@H](c2ccccc2)C1.CN1CC[C@H](NC(=O)C(C)(C)COc2ncccc2C(F)(F)F)[C@@H](c2ccccc2)C1. The predicted molar refractivity (Wildman–Crippen MR) is 223 cm³/mol. The first-order chi connectivity index (χ1) is 29.2. The summed E-state index contributed by atoms with van der Waals surface area (Å²) in [4.78, 5) is 38.0. The Morgan fingerprint density at radius 2 is 0.952 bits per heavy atom. The van der Waals surface area contributed by atoms with Gasteiger partial charge < -0.3 is 29.9 Å². The maximum Gasteiger partial charge on any atom is 0.421 e. The van der Waals surface area contributed by atoms with Gasteiger partial charge in [-0.05, 0) is 103 Å². The average Bonchev–Trinajstić information content (AvgIpc) is 3.24. The molecular formula is C46H56F6N6O4. The number of ether oxygens (including phenoxy) is 2. The van der Waals surface area contributed by atoms with Crippen molar-refractivity contribution >= 4 is 11.8 Å². The van der Waals surface area contributed by atoms with Crippen molar-refractivity contribution in [2.45, 2.75) is 76.8 Å². The Morgan fingerprint density at radius 1 is 0.597 bits per heavy atom. The topological polar surface area (TPSA) is 109 Å². The van der Waals surface area contributed by atoms with Crippen LogP contribution in [-0.4, -0.2) is 97.2 Å². The quantitative estimate of drug-likeness (QED) is 0.137. The van der Waals surface area contributed by atoms with Gasteiger partial charge in [0.05, 0.1) is 10.8 Å². The van der Waals surface area contributed by atoms with Gasteiger partial charge >= 0.3 is 12.4 Å². The number of benzene rings is 2. The highest BCUT2D eigenvalue weighted by Crippen LogP contribution is 2.37. The number of amides is 2. The van der Waals surface area contributed by atoms with Gasteiger partial charge in [0.25, 0.3) is 0 Å². The largest absolute Gasteiger partial charge is 0.476 e. The van der Waals surface area contributed by atoms with Gasteiger partial charge in [0.1, 0.15) is 24.3 Å². The van der Waals surface area contributed by atoms with Gasteiger partial charge in [0.15, 0.2) is 0 Å². The molecule has 62 heavy (non-hydrogen) atoms. The summed E-state index contributed by atoms with van der Waals surface area (Å²) < 4.78 is 89.7. The van der Waals surface area contributed by atoms with Crippen LogP contribution in [0.1, 0.15) is 74.6 Å². The molecule has 0 spiro atoms. The third-order valence-corrected chi connectivity index (χ3v) is 11.2. The lowest BCUT2D eigenvalue weighted by Gasteiger charge is -2.39. The fraction of sp³-hybridized carbons (Fsp3) is 0.478. The number of pyridine rings is 2. The molecule has 10 nitrogen and oxygen atoms in total. The maximum atomic E-state index is 13.2. The monoisotopic (exact) mass is 870 g/mol. The van der Waals surface area contributed by atoms with Gasteiger partial charge in [-0.1, -0.05) is 60.7 Å². The standard InChI is InChI=1S/2C23H28F3N3O2/c2*1-22(2,15-31-20-18(23(24,25)26)10-7-12-27-20)21(30)28-19-11-13-29(3)14-17(19)16-8-5-4-6-9-16/h2*4-10,12,17,19H,11,13-15H2,1-3H3,(H,28,30)/t2*17-,19+/m10/s1. The van der Waals surface area contributed by atoms with Crippen LogP contribution in [0.15, 0.2) is 97.3 Å². The lowest BCUT2D eigenvalue weighted by Crippen LogP contribution is -2.52. The summed E-state index contributed by atoms with van der Waals surface area (Å²) in [5.41, 5.74) is -1.68. The van der Waals surface area contributed by atoms with Gasteiger partial charge in [-0.25, -0.2) is 9.97 Å². The molecule has 0 unspecified atom stereocenters. The van der Waals surface area contributed by atoms with E-state index in [-0.39, 0.29) is 48.9 Å². The van der Waals surface area contributed by atoms with Gasteiger partial charge in [0, 0.05) is 49.4 Å². The van der Waals surface area contributed by atoms with Crippen LogP contribution < -0.4 is 20.1 Å². The molecule has 0 radical (unpaired) electrons. The summed E-state index contributed by atoms with van der Waals surface area (Å²) in [5, 5.41) is 6.24. The highest BCUT2D eigenvalue weighted by Gasteiger charge is 2.40. The molecule has 0 aliphatic carbocycles. The van der Waals surface area contributed by atoms with Crippen molar-refractivity contribution in [3.05, 3.63) is 120 Å². The number of rotatable bonds is 12. The van der Waals surface area contributed by atoms with Crippen LogP contribution in [-0.2, 0) is 21.9 Å². The van der Waals surface area contributed by atoms with Crippen LogP contribution in [0.2, 0.25) is 0 Å². The molecule has 4 atom stereocenters. The summed E-state index contributed by atoms with van der Waals surface area (Å²) in [6.07, 6.45) is -5.10. The lowest BCUT2D eigenvalue weighted by atomic mass is 9.84. The zero-order valence-electron chi connectivity index (χ0n) is 35.9. The van der Waals surface area contributed by atoms with Gasteiger partial charge in [-0.3, -0.25) is 9.59 Å². The Labute approximate surface area is 359 Å². The third-order valence-electron chi connectivity index (χ3n) is 11.2. The number of likely N-dealkylation sites (N-methyl/N-ethyl adjacent to an activating group) is 2. The van der Waals surface area contributed by atoms with Crippen molar-refractivity contribution in [3.8, 4) is 11.8 Å². The molecule has 0 saturated carbocycles. The molecule has 4 aromatic rings. The van der Waals surface area contributed by atoms with Crippen molar-refractivity contribution in [1.82, 2.24) is 30.4 Å². The lowest BCUT2D eigenvalue weighted by molar-refractivity contribution is -0.141. The van der Waals surface area contributed by atoms with Gasteiger partial charge in [-0.2, -0.15) is 26.3 Å². The minimum Gasteiger partial charge on any atom is -0.476 e. The first-order valence-electron chi connectivity index (χ1n) is 20.5. The van der Waals surface area contributed by atoms with Crippen molar-refractivity contribution in [2.24, 2.45) is 10.8 Å². The second kappa shape index (κ2) is 20.3. The molecule has 2 aromatic heterocycles. The van der Waals surface area contributed by atoms with Crippen LogP contribution in [0.4, 0.5) is 26.3 Å². The van der Waals surface area contributed by atoms with Crippen molar-refractivity contribution in [3.63, 3.8) is 0 Å². The predicted octanol–water partition coefficient (Wildman–Crippen LogP) is 8.22. The number of carbonyl (C=O) groups excluding carboxylic acids is 2. The number of hydrogen-bond donors (Lipinski definition) is 2. The Morgan fingerprint density at radius 3 is 1.29 bits per heavy atom. The van der Waals surface area contributed by atoms with Crippen LogP contribution in [0, 0.1) is 10.8 Å². The van der Waals surface area contributed by atoms with E-state index in [0.717, 1.165) is 62.3 Å². The summed E-state index contributed by atoms with van der Waals surface area (Å²) >= 11 is 0. The Kier molecular flexibility index (Phi) is 15.7. The minimum atomic E-state index is -4.58. The normalized spacial score (nSPS) is 20.3. The summed E-state index contributed by atoms with van der Waals surface area (Å²) in [5.74, 6) is -1.28. The van der Waals surface area contributed by atoms with Crippen LogP contribution in [0.3, 0.4) is 0 Å². The number of piperidine rings is 2. The second-order valence-corrected chi connectivity index (χ2v) is 17.3. The fourth-order valence-electron chi connectivity index (χ4n) is 7.45. The molecule has 2 N–H and O–H groups in total. The van der Waals surface area contributed by atoms with Crippen LogP contribution in [0.25, 0.3) is 0 Å². The van der Waals surface area contributed by atoms with Gasteiger partial charge in [-0.15, -0.1) is 0 Å². The molecule has 2 amide bonds. The van der Waals surface area contributed by atoms with Crippen molar-refractivity contribution in [2.75, 3.05) is 53.5 Å². The van der Waals surface area contributed by atoms with E-state index in [9.17, 15) is 35.9 Å². The zero-order valence-corrected chi connectivity index (χ0v) is 35.9. The van der Waals surface area contributed by atoms with Gasteiger partial charge in [0.2, 0.25) is 23.6 Å². The molecule has 2 saturated heterocycles. The highest BCUT2D eigenvalue weighted by molar-refractivity contribution is 5.83. The summed E-state index contributed by atoms with van der Waals surface area (Å²) in [7, 11) is 4.10. The van der Waals surface area contributed by atoms with Crippen molar-refractivity contribution < 1.29 is 45.4 Å². The van der Waals surface area contributed by atoms with E-state index in [2.05, 4.69) is 68.8 Å². The van der Waals surface area contributed by atoms with E-state index >= 15 is 0 Å². The maximum absolute atomic E-state index is 13.2. The molecule has 6 rings (SSSR count).